The van der Waals surface area contributed by atoms with E-state index in [0.717, 1.165) is 5.56 Å². The first-order valence-corrected chi connectivity index (χ1v) is 6.63. The maximum Gasteiger partial charge on any atom is 0.289 e. The van der Waals surface area contributed by atoms with E-state index >= 15 is 0 Å². The second kappa shape index (κ2) is 6.48. The molecule has 5 heteroatoms. The molecule has 1 aromatic carbocycles. The van der Waals surface area contributed by atoms with Gasteiger partial charge in [0.15, 0.2) is 5.76 Å². The van der Waals surface area contributed by atoms with Crippen LogP contribution < -0.4 is 4.74 Å². The minimum absolute atomic E-state index is 0.151. The maximum atomic E-state index is 12.1. The molecule has 0 saturated heterocycles. The Bertz CT molecular complexity index is 594. The Morgan fingerprint density at radius 3 is 2.85 bits per heavy atom. The lowest BCUT2D eigenvalue weighted by Crippen LogP contribution is -2.31. The van der Waals surface area contributed by atoms with Crippen LogP contribution in [0.4, 0.5) is 0 Å². The number of halogens is 1. The highest BCUT2D eigenvalue weighted by atomic mass is 35.5. The molecule has 1 heterocycles. The van der Waals surface area contributed by atoms with E-state index in [4.69, 9.17) is 20.8 Å². The third kappa shape index (κ3) is 3.54. The lowest BCUT2D eigenvalue weighted by Gasteiger charge is -2.16. The van der Waals surface area contributed by atoms with Crippen molar-refractivity contribution in [3.05, 3.63) is 52.9 Å². The van der Waals surface area contributed by atoms with Crippen molar-refractivity contribution in [2.45, 2.75) is 6.92 Å². The molecule has 0 radical (unpaired) electrons. The van der Waals surface area contributed by atoms with Crippen LogP contribution in [0.15, 0.2) is 41.0 Å². The molecule has 0 aliphatic heterocycles. The van der Waals surface area contributed by atoms with Crippen LogP contribution in [-0.2, 0) is 0 Å². The van der Waals surface area contributed by atoms with Gasteiger partial charge in [-0.25, -0.2) is 0 Å². The highest BCUT2D eigenvalue weighted by Crippen LogP contribution is 2.17. The van der Waals surface area contributed by atoms with Gasteiger partial charge in [0.2, 0.25) is 0 Å². The van der Waals surface area contributed by atoms with Crippen LogP contribution in [0.1, 0.15) is 16.1 Å². The fraction of sp³-hybridized carbons (Fsp3) is 0.267. The lowest BCUT2D eigenvalue weighted by molar-refractivity contribution is 0.0741. The minimum Gasteiger partial charge on any atom is -0.492 e. The van der Waals surface area contributed by atoms with Gasteiger partial charge in [-0.3, -0.25) is 4.79 Å². The van der Waals surface area contributed by atoms with Crippen LogP contribution in [0.25, 0.3) is 0 Å². The van der Waals surface area contributed by atoms with Gasteiger partial charge >= 0.3 is 0 Å². The topological polar surface area (TPSA) is 42.7 Å². The summed E-state index contributed by atoms with van der Waals surface area (Å²) in [6.07, 6.45) is 1.51. The number of amides is 1. The van der Waals surface area contributed by atoms with Gasteiger partial charge in [0.25, 0.3) is 5.91 Å². The summed E-state index contributed by atoms with van der Waals surface area (Å²) in [6.45, 7) is 2.70. The maximum absolute atomic E-state index is 12.1. The summed E-state index contributed by atoms with van der Waals surface area (Å²) >= 11 is 5.86. The monoisotopic (exact) mass is 293 g/mol. The van der Waals surface area contributed by atoms with Crippen molar-refractivity contribution in [2.24, 2.45) is 0 Å². The molecule has 2 aromatic rings. The molecular formula is C15H16ClNO3. The average molecular weight is 294 g/mol. The molecule has 0 aliphatic carbocycles. The molecule has 20 heavy (non-hydrogen) atoms. The van der Waals surface area contributed by atoms with Gasteiger partial charge in [0.05, 0.1) is 12.8 Å². The molecule has 0 fully saturated rings. The molecule has 0 N–H and O–H groups in total. The van der Waals surface area contributed by atoms with Gasteiger partial charge < -0.3 is 14.1 Å². The number of aryl methyl sites for hydroxylation is 1. The van der Waals surface area contributed by atoms with Crippen molar-refractivity contribution in [3.63, 3.8) is 0 Å². The Morgan fingerprint density at radius 1 is 1.40 bits per heavy atom. The molecule has 1 aromatic heterocycles. The molecule has 0 unspecified atom stereocenters. The SMILES string of the molecule is Cc1ccoc1C(=O)N(C)CCOc1cccc(Cl)c1. The smallest absolute Gasteiger partial charge is 0.289 e. The summed E-state index contributed by atoms with van der Waals surface area (Å²) in [5.74, 6) is 0.907. The van der Waals surface area contributed by atoms with E-state index in [1.54, 1.807) is 30.1 Å². The van der Waals surface area contributed by atoms with E-state index in [2.05, 4.69) is 0 Å². The molecule has 2 rings (SSSR count). The number of nitrogens with zero attached hydrogens (tertiary/aromatic N) is 1. The molecule has 0 spiro atoms. The van der Waals surface area contributed by atoms with Crippen molar-refractivity contribution >= 4 is 17.5 Å². The summed E-state index contributed by atoms with van der Waals surface area (Å²) in [6, 6.07) is 8.93. The summed E-state index contributed by atoms with van der Waals surface area (Å²) in [5.41, 5.74) is 0.831. The van der Waals surface area contributed by atoms with Crippen LogP contribution in [0, 0.1) is 6.92 Å². The first-order chi connectivity index (χ1) is 9.58. The Hall–Kier alpha value is -1.94. The number of furan rings is 1. The van der Waals surface area contributed by atoms with Gasteiger partial charge in [-0.05, 0) is 31.2 Å². The van der Waals surface area contributed by atoms with Crippen molar-refractivity contribution in [1.29, 1.82) is 0 Å². The third-order valence-electron chi connectivity index (χ3n) is 2.89. The number of benzene rings is 1. The number of hydrogen-bond acceptors (Lipinski definition) is 3. The minimum atomic E-state index is -0.151. The fourth-order valence-corrected chi connectivity index (χ4v) is 1.90. The molecule has 0 aliphatic rings. The van der Waals surface area contributed by atoms with E-state index < -0.39 is 0 Å². The first kappa shape index (κ1) is 14.5. The molecule has 0 saturated carbocycles. The first-order valence-electron chi connectivity index (χ1n) is 6.26. The Kier molecular flexibility index (Phi) is 4.69. The molecule has 4 nitrogen and oxygen atoms in total. The number of rotatable bonds is 5. The van der Waals surface area contributed by atoms with E-state index in [0.29, 0.717) is 29.7 Å². The molecule has 0 atom stereocenters. The van der Waals surface area contributed by atoms with Crippen molar-refractivity contribution < 1.29 is 13.9 Å². The van der Waals surface area contributed by atoms with Crippen molar-refractivity contribution in [3.8, 4) is 5.75 Å². The summed E-state index contributed by atoms with van der Waals surface area (Å²) < 4.78 is 10.7. The van der Waals surface area contributed by atoms with Crippen molar-refractivity contribution in [1.82, 2.24) is 4.90 Å². The highest BCUT2D eigenvalue weighted by molar-refractivity contribution is 6.30. The molecule has 0 bridgehead atoms. The summed E-state index contributed by atoms with van der Waals surface area (Å²) in [7, 11) is 1.71. The van der Waals surface area contributed by atoms with Gasteiger partial charge in [-0.15, -0.1) is 0 Å². The standard InChI is InChI=1S/C15H16ClNO3/c1-11-6-8-20-14(11)15(18)17(2)7-9-19-13-5-3-4-12(16)10-13/h3-6,8,10H,7,9H2,1-2H3. The zero-order chi connectivity index (χ0) is 14.5. The number of likely N-dealkylation sites (N-methyl/N-ethyl adjacent to an activating group) is 1. The molecule has 106 valence electrons. The second-order valence-electron chi connectivity index (χ2n) is 4.47. The predicted molar refractivity (Wildman–Crippen MR) is 77.4 cm³/mol. The van der Waals surface area contributed by atoms with Crippen LogP contribution in [-0.4, -0.2) is 31.0 Å². The second-order valence-corrected chi connectivity index (χ2v) is 4.90. The van der Waals surface area contributed by atoms with E-state index in [9.17, 15) is 4.79 Å². The summed E-state index contributed by atoms with van der Waals surface area (Å²) in [5, 5.41) is 0.623. The van der Waals surface area contributed by atoms with Crippen LogP contribution in [0.2, 0.25) is 5.02 Å². The quantitative estimate of drug-likeness (QED) is 0.848. The largest absolute Gasteiger partial charge is 0.492 e. The molecule has 1 amide bonds. The Labute approximate surface area is 122 Å². The lowest BCUT2D eigenvalue weighted by atomic mass is 10.2. The number of hydrogen-bond donors (Lipinski definition) is 0. The van der Waals surface area contributed by atoms with Crippen LogP contribution in [0.3, 0.4) is 0 Å². The normalized spacial score (nSPS) is 10.3. The van der Waals surface area contributed by atoms with E-state index in [1.807, 2.05) is 19.1 Å². The Balaban J connectivity index is 1.85. The van der Waals surface area contributed by atoms with E-state index in [1.165, 1.54) is 6.26 Å². The van der Waals surface area contributed by atoms with Gasteiger partial charge in [-0.2, -0.15) is 0 Å². The fourth-order valence-electron chi connectivity index (χ4n) is 1.72. The number of carbonyl (C=O) groups excluding carboxylic acids is 1. The van der Waals surface area contributed by atoms with Crippen LogP contribution in [0.5, 0.6) is 5.75 Å². The number of ether oxygens (including phenoxy) is 1. The van der Waals surface area contributed by atoms with Gasteiger partial charge in [0, 0.05) is 17.6 Å². The Morgan fingerprint density at radius 2 is 2.20 bits per heavy atom. The van der Waals surface area contributed by atoms with Gasteiger partial charge in [0.1, 0.15) is 12.4 Å². The number of carbonyl (C=O) groups is 1. The zero-order valence-corrected chi connectivity index (χ0v) is 12.2. The highest BCUT2D eigenvalue weighted by Gasteiger charge is 2.17. The molecular weight excluding hydrogens is 278 g/mol. The predicted octanol–water partition coefficient (Wildman–Crippen LogP) is 3.39. The average Bonchev–Trinajstić information content (AvgIpc) is 2.84. The van der Waals surface area contributed by atoms with Gasteiger partial charge in [-0.1, -0.05) is 17.7 Å². The zero-order valence-electron chi connectivity index (χ0n) is 11.4. The third-order valence-corrected chi connectivity index (χ3v) is 3.13. The summed E-state index contributed by atoms with van der Waals surface area (Å²) in [4.78, 5) is 13.6. The van der Waals surface area contributed by atoms with Crippen molar-refractivity contribution in [2.75, 3.05) is 20.2 Å². The van der Waals surface area contributed by atoms with E-state index in [-0.39, 0.29) is 5.91 Å². The van der Waals surface area contributed by atoms with Crippen LogP contribution >= 0.6 is 11.6 Å².